The number of aryl methyl sites for hydroxylation is 1. The summed E-state index contributed by atoms with van der Waals surface area (Å²) < 4.78 is 18.6. The number of hydrogen-bond donors (Lipinski definition) is 2. The third-order valence-corrected chi connectivity index (χ3v) is 3.97. The van der Waals surface area contributed by atoms with Crippen LogP contribution in [-0.4, -0.2) is 11.4 Å². The fourth-order valence-electron chi connectivity index (χ4n) is 2.29. The van der Waals surface area contributed by atoms with E-state index in [4.69, 9.17) is 10.5 Å². The van der Waals surface area contributed by atoms with Crippen LogP contribution in [0.2, 0.25) is 0 Å². The quantitative estimate of drug-likeness (QED) is 0.868. The highest BCUT2D eigenvalue weighted by atomic mass is 35.5. The first kappa shape index (κ1) is 18.2. The summed E-state index contributed by atoms with van der Waals surface area (Å²) in [4.78, 5) is 11.8. The summed E-state index contributed by atoms with van der Waals surface area (Å²) in [6, 6.07) is 11.6. The van der Waals surface area contributed by atoms with Crippen LogP contribution < -0.4 is 15.8 Å². The molecule has 3 rings (SSSR count). The Balaban J connectivity index is 0.00000208. The minimum atomic E-state index is -0.652. The average Bonchev–Trinajstić information content (AvgIpc) is 3.28. The van der Waals surface area contributed by atoms with Crippen LogP contribution in [0.3, 0.4) is 0 Å². The predicted molar refractivity (Wildman–Crippen MR) is 92.9 cm³/mol. The molecule has 6 heteroatoms. The number of nitrogens with one attached hydrogen (secondary N) is 1. The summed E-state index contributed by atoms with van der Waals surface area (Å²) in [5, 5.41) is 2.86. The van der Waals surface area contributed by atoms with Gasteiger partial charge in [-0.3, -0.25) is 4.79 Å². The largest absolute Gasteiger partial charge is 0.457 e. The van der Waals surface area contributed by atoms with Crippen LogP contribution in [0.15, 0.2) is 42.5 Å². The normalized spacial score (nSPS) is 14.5. The zero-order valence-corrected chi connectivity index (χ0v) is 14.2. The molecular formula is C18H20ClFN2O2. The SMILES string of the molecule is Cc1cc(CNC(=O)C2(N)CC2)ccc1Oc1ccc(F)cc1.Cl. The monoisotopic (exact) mass is 350 g/mol. The third-order valence-electron chi connectivity index (χ3n) is 3.97. The van der Waals surface area contributed by atoms with Crippen molar-refractivity contribution in [3.8, 4) is 11.5 Å². The second-order valence-electron chi connectivity index (χ2n) is 5.99. The molecule has 128 valence electrons. The molecule has 0 saturated heterocycles. The van der Waals surface area contributed by atoms with Crippen LogP contribution in [0.5, 0.6) is 11.5 Å². The van der Waals surface area contributed by atoms with Gasteiger partial charge >= 0.3 is 0 Å². The van der Waals surface area contributed by atoms with Gasteiger partial charge in [-0.15, -0.1) is 12.4 Å². The Morgan fingerprint density at radius 3 is 2.50 bits per heavy atom. The summed E-state index contributed by atoms with van der Waals surface area (Å²) in [6.07, 6.45) is 1.50. The lowest BCUT2D eigenvalue weighted by Crippen LogP contribution is -2.42. The maximum absolute atomic E-state index is 12.9. The van der Waals surface area contributed by atoms with Crippen molar-refractivity contribution >= 4 is 18.3 Å². The van der Waals surface area contributed by atoms with Gasteiger partial charge in [-0.2, -0.15) is 0 Å². The molecule has 0 bridgehead atoms. The second kappa shape index (κ2) is 7.20. The van der Waals surface area contributed by atoms with E-state index in [0.717, 1.165) is 24.0 Å². The summed E-state index contributed by atoms with van der Waals surface area (Å²) in [5.74, 6) is 0.883. The second-order valence-corrected chi connectivity index (χ2v) is 5.99. The summed E-state index contributed by atoms with van der Waals surface area (Å²) in [7, 11) is 0. The zero-order chi connectivity index (χ0) is 16.4. The minimum Gasteiger partial charge on any atom is -0.457 e. The van der Waals surface area contributed by atoms with Crippen LogP contribution in [0.1, 0.15) is 24.0 Å². The van der Waals surface area contributed by atoms with Gasteiger partial charge in [0.25, 0.3) is 0 Å². The fourth-order valence-corrected chi connectivity index (χ4v) is 2.29. The first-order valence-electron chi connectivity index (χ1n) is 7.56. The molecule has 1 saturated carbocycles. The number of ether oxygens (including phenoxy) is 1. The minimum absolute atomic E-state index is 0. The van der Waals surface area contributed by atoms with E-state index in [0.29, 0.717) is 18.0 Å². The molecule has 2 aromatic carbocycles. The number of hydrogen-bond acceptors (Lipinski definition) is 3. The van der Waals surface area contributed by atoms with Crippen molar-refractivity contribution in [3.05, 3.63) is 59.4 Å². The first-order valence-corrected chi connectivity index (χ1v) is 7.56. The smallest absolute Gasteiger partial charge is 0.240 e. The van der Waals surface area contributed by atoms with Gasteiger partial charge in [0.05, 0.1) is 5.54 Å². The lowest BCUT2D eigenvalue weighted by Gasteiger charge is -2.12. The van der Waals surface area contributed by atoms with Crippen molar-refractivity contribution < 1.29 is 13.9 Å². The molecule has 0 aromatic heterocycles. The summed E-state index contributed by atoms with van der Waals surface area (Å²) in [6.45, 7) is 2.37. The van der Waals surface area contributed by atoms with E-state index in [2.05, 4.69) is 5.32 Å². The number of amides is 1. The Labute approximate surface area is 146 Å². The number of carbonyl (C=O) groups excluding carboxylic acids is 1. The number of halogens is 2. The lowest BCUT2D eigenvalue weighted by atomic mass is 10.1. The van der Waals surface area contributed by atoms with Gasteiger partial charge in [0.2, 0.25) is 5.91 Å². The molecule has 1 aliphatic carbocycles. The molecule has 4 nitrogen and oxygen atoms in total. The topological polar surface area (TPSA) is 64.4 Å². The molecule has 2 aromatic rings. The molecule has 0 spiro atoms. The fraction of sp³-hybridized carbons (Fsp3) is 0.278. The molecule has 1 fully saturated rings. The van der Waals surface area contributed by atoms with Gasteiger partial charge in [-0.1, -0.05) is 12.1 Å². The van der Waals surface area contributed by atoms with Gasteiger partial charge in [-0.05, 0) is 61.2 Å². The van der Waals surface area contributed by atoms with Crippen molar-refractivity contribution in [2.45, 2.75) is 31.8 Å². The summed E-state index contributed by atoms with van der Waals surface area (Å²) >= 11 is 0. The highest BCUT2D eigenvalue weighted by Crippen LogP contribution is 2.32. The van der Waals surface area contributed by atoms with Crippen molar-refractivity contribution in [2.24, 2.45) is 5.73 Å². The van der Waals surface area contributed by atoms with E-state index in [9.17, 15) is 9.18 Å². The van der Waals surface area contributed by atoms with E-state index in [-0.39, 0.29) is 24.1 Å². The first-order chi connectivity index (χ1) is 11.0. The third kappa shape index (κ3) is 4.24. The highest BCUT2D eigenvalue weighted by molar-refractivity contribution is 5.88. The molecule has 0 atom stereocenters. The van der Waals surface area contributed by atoms with Gasteiger partial charge in [0.15, 0.2) is 0 Å². The zero-order valence-electron chi connectivity index (χ0n) is 13.3. The molecule has 0 aliphatic heterocycles. The molecule has 0 radical (unpaired) electrons. The molecule has 0 heterocycles. The van der Waals surface area contributed by atoms with Crippen LogP contribution in [0, 0.1) is 12.7 Å². The van der Waals surface area contributed by atoms with Crippen LogP contribution >= 0.6 is 12.4 Å². The van der Waals surface area contributed by atoms with Crippen LogP contribution in [-0.2, 0) is 11.3 Å². The van der Waals surface area contributed by atoms with E-state index < -0.39 is 5.54 Å². The van der Waals surface area contributed by atoms with Crippen LogP contribution in [0.25, 0.3) is 0 Å². The predicted octanol–water partition coefficient (Wildman–Crippen LogP) is 3.46. The Hall–Kier alpha value is -2.11. The molecule has 1 amide bonds. The van der Waals surface area contributed by atoms with E-state index in [1.54, 1.807) is 12.1 Å². The Morgan fingerprint density at radius 2 is 1.92 bits per heavy atom. The van der Waals surface area contributed by atoms with Gasteiger partial charge in [0, 0.05) is 6.54 Å². The lowest BCUT2D eigenvalue weighted by molar-refractivity contribution is -0.123. The number of rotatable bonds is 5. The van der Waals surface area contributed by atoms with E-state index >= 15 is 0 Å². The molecule has 1 aliphatic rings. The van der Waals surface area contributed by atoms with Crippen molar-refractivity contribution in [3.63, 3.8) is 0 Å². The van der Waals surface area contributed by atoms with Crippen molar-refractivity contribution in [1.82, 2.24) is 5.32 Å². The number of carbonyl (C=O) groups is 1. The Morgan fingerprint density at radius 1 is 1.25 bits per heavy atom. The van der Waals surface area contributed by atoms with E-state index in [1.807, 2.05) is 25.1 Å². The maximum atomic E-state index is 12.9. The number of benzene rings is 2. The van der Waals surface area contributed by atoms with Crippen molar-refractivity contribution in [2.75, 3.05) is 0 Å². The molecule has 24 heavy (non-hydrogen) atoms. The highest BCUT2D eigenvalue weighted by Gasteiger charge is 2.45. The molecule has 3 N–H and O–H groups in total. The molecular weight excluding hydrogens is 331 g/mol. The van der Waals surface area contributed by atoms with Gasteiger partial charge < -0.3 is 15.8 Å². The van der Waals surface area contributed by atoms with E-state index in [1.165, 1.54) is 12.1 Å². The van der Waals surface area contributed by atoms with Crippen molar-refractivity contribution in [1.29, 1.82) is 0 Å². The van der Waals surface area contributed by atoms with Gasteiger partial charge in [-0.25, -0.2) is 4.39 Å². The summed E-state index contributed by atoms with van der Waals surface area (Å²) in [5.41, 5.74) is 7.11. The average molecular weight is 351 g/mol. The maximum Gasteiger partial charge on any atom is 0.240 e. The van der Waals surface area contributed by atoms with Gasteiger partial charge in [0.1, 0.15) is 17.3 Å². The molecule has 0 unspecified atom stereocenters. The van der Waals surface area contributed by atoms with Crippen LogP contribution in [0.4, 0.5) is 4.39 Å². The Kier molecular flexibility index (Phi) is 5.47. The Bertz CT molecular complexity index is 730. The number of nitrogens with two attached hydrogens (primary N) is 1. The standard InChI is InChI=1S/C18H19FN2O2.ClH/c1-12-10-13(11-21-17(22)18(20)8-9-18)2-7-16(12)23-15-5-3-14(19)4-6-15;/h2-7,10H,8-9,11,20H2,1H3,(H,21,22);1H.